The second-order valence-electron chi connectivity index (χ2n) is 5.11. The third-order valence-corrected chi connectivity index (χ3v) is 4.80. The lowest BCUT2D eigenvalue weighted by Crippen LogP contribution is -2.13. The van der Waals surface area contributed by atoms with Crippen molar-refractivity contribution in [3.05, 3.63) is 59.7 Å². The molecule has 2 aromatic rings. The monoisotopic (exact) mass is 286 g/mol. The summed E-state index contributed by atoms with van der Waals surface area (Å²) in [5.41, 5.74) is 2.34. The summed E-state index contributed by atoms with van der Waals surface area (Å²) < 4.78 is 5.85. The standard InChI is InChI=1S/C17H18O2S/c1-12(18)13-6-8-15(9-7-13)19-11-16-10-14-4-2-3-5-17(14)20-16/h2-9,12,16,18H,10-11H2,1H3. The fraction of sp³-hybridized carbons (Fsp3) is 0.294. The zero-order chi connectivity index (χ0) is 13.9. The number of fused-ring (bicyclic) bond motifs is 1. The second-order valence-corrected chi connectivity index (χ2v) is 6.45. The van der Waals surface area contributed by atoms with Gasteiger partial charge in [0.05, 0.1) is 6.10 Å². The van der Waals surface area contributed by atoms with Crippen molar-refractivity contribution in [1.82, 2.24) is 0 Å². The minimum absolute atomic E-state index is 0.427. The molecule has 2 unspecified atom stereocenters. The summed E-state index contributed by atoms with van der Waals surface area (Å²) in [6.07, 6.45) is 0.649. The van der Waals surface area contributed by atoms with Gasteiger partial charge in [0.15, 0.2) is 0 Å². The maximum atomic E-state index is 9.47. The van der Waals surface area contributed by atoms with Crippen LogP contribution in [-0.2, 0) is 6.42 Å². The Bertz CT molecular complexity index is 553. The van der Waals surface area contributed by atoms with E-state index in [1.54, 1.807) is 6.92 Å². The number of benzene rings is 2. The van der Waals surface area contributed by atoms with Crippen molar-refractivity contribution in [1.29, 1.82) is 0 Å². The molecule has 0 spiro atoms. The highest BCUT2D eigenvalue weighted by atomic mass is 32.2. The smallest absolute Gasteiger partial charge is 0.119 e. The molecule has 3 rings (SSSR count). The Balaban J connectivity index is 1.56. The molecule has 0 bridgehead atoms. The van der Waals surface area contributed by atoms with E-state index in [9.17, 15) is 5.11 Å². The van der Waals surface area contributed by atoms with Crippen LogP contribution in [0.15, 0.2) is 53.4 Å². The van der Waals surface area contributed by atoms with Crippen molar-refractivity contribution >= 4 is 11.8 Å². The zero-order valence-electron chi connectivity index (χ0n) is 11.5. The summed E-state index contributed by atoms with van der Waals surface area (Å²) in [5.74, 6) is 0.867. The molecule has 0 saturated carbocycles. The van der Waals surface area contributed by atoms with Gasteiger partial charge in [-0.05, 0) is 42.7 Å². The van der Waals surface area contributed by atoms with Crippen molar-refractivity contribution in [2.45, 2.75) is 29.6 Å². The highest BCUT2D eigenvalue weighted by molar-refractivity contribution is 8.00. The summed E-state index contributed by atoms with van der Waals surface area (Å²) in [6, 6.07) is 16.2. The van der Waals surface area contributed by atoms with E-state index in [0.717, 1.165) is 17.7 Å². The van der Waals surface area contributed by atoms with Crippen LogP contribution in [-0.4, -0.2) is 17.0 Å². The predicted octanol–water partition coefficient (Wildman–Crippen LogP) is 3.84. The van der Waals surface area contributed by atoms with E-state index in [1.165, 1.54) is 10.5 Å². The van der Waals surface area contributed by atoms with Gasteiger partial charge in [0, 0.05) is 10.1 Å². The van der Waals surface area contributed by atoms with Crippen molar-refractivity contribution in [3.63, 3.8) is 0 Å². The number of aliphatic hydroxyl groups is 1. The Kier molecular flexibility index (Phi) is 3.99. The number of ether oxygens (including phenoxy) is 1. The lowest BCUT2D eigenvalue weighted by molar-refractivity contribution is 0.199. The van der Waals surface area contributed by atoms with Crippen LogP contribution in [0.25, 0.3) is 0 Å². The highest BCUT2D eigenvalue weighted by Crippen LogP contribution is 2.36. The fourth-order valence-corrected chi connectivity index (χ4v) is 3.60. The molecule has 1 aliphatic heterocycles. The summed E-state index contributed by atoms with van der Waals surface area (Å²) in [5, 5.41) is 9.96. The molecule has 2 aromatic carbocycles. The third kappa shape index (κ3) is 3.00. The van der Waals surface area contributed by atoms with Crippen LogP contribution >= 0.6 is 11.8 Å². The van der Waals surface area contributed by atoms with Gasteiger partial charge in [0.2, 0.25) is 0 Å². The first-order valence-electron chi connectivity index (χ1n) is 6.88. The molecular formula is C17H18O2S. The Labute approximate surface area is 123 Å². The number of hydrogen-bond donors (Lipinski definition) is 1. The van der Waals surface area contributed by atoms with Gasteiger partial charge in [-0.15, -0.1) is 11.8 Å². The molecule has 2 atom stereocenters. The van der Waals surface area contributed by atoms with Gasteiger partial charge in [-0.1, -0.05) is 30.3 Å². The number of aliphatic hydroxyl groups excluding tert-OH is 1. The largest absolute Gasteiger partial charge is 0.492 e. The summed E-state index contributed by atoms with van der Waals surface area (Å²) in [7, 11) is 0. The number of hydrogen-bond acceptors (Lipinski definition) is 3. The van der Waals surface area contributed by atoms with E-state index < -0.39 is 6.10 Å². The molecule has 0 aliphatic carbocycles. The van der Waals surface area contributed by atoms with E-state index in [2.05, 4.69) is 24.3 Å². The third-order valence-electron chi connectivity index (χ3n) is 3.51. The number of thioether (sulfide) groups is 1. The first-order chi connectivity index (χ1) is 9.72. The molecule has 1 aliphatic rings. The van der Waals surface area contributed by atoms with Crippen molar-refractivity contribution in [2.75, 3.05) is 6.61 Å². The molecule has 0 aromatic heterocycles. The second kappa shape index (κ2) is 5.90. The van der Waals surface area contributed by atoms with Crippen molar-refractivity contribution < 1.29 is 9.84 Å². The lowest BCUT2D eigenvalue weighted by Gasteiger charge is -2.12. The Morgan fingerprint density at radius 3 is 2.65 bits per heavy atom. The highest BCUT2D eigenvalue weighted by Gasteiger charge is 2.22. The van der Waals surface area contributed by atoms with Crippen LogP contribution in [0.2, 0.25) is 0 Å². The van der Waals surface area contributed by atoms with Gasteiger partial charge < -0.3 is 9.84 Å². The maximum absolute atomic E-state index is 9.47. The molecule has 0 amide bonds. The number of rotatable bonds is 4. The van der Waals surface area contributed by atoms with Crippen LogP contribution in [0, 0.1) is 0 Å². The lowest BCUT2D eigenvalue weighted by atomic mass is 10.1. The summed E-state index contributed by atoms with van der Waals surface area (Å²) in [6.45, 7) is 2.48. The van der Waals surface area contributed by atoms with Crippen LogP contribution in [0.1, 0.15) is 24.2 Å². The average Bonchev–Trinajstić information content (AvgIpc) is 2.88. The van der Waals surface area contributed by atoms with Crippen molar-refractivity contribution in [2.24, 2.45) is 0 Å². The van der Waals surface area contributed by atoms with Gasteiger partial charge in [-0.2, -0.15) is 0 Å². The maximum Gasteiger partial charge on any atom is 0.119 e. The molecule has 20 heavy (non-hydrogen) atoms. The van der Waals surface area contributed by atoms with Crippen LogP contribution in [0.5, 0.6) is 5.75 Å². The van der Waals surface area contributed by atoms with Gasteiger partial charge in [0.1, 0.15) is 12.4 Å². The van der Waals surface area contributed by atoms with Crippen molar-refractivity contribution in [3.8, 4) is 5.75 Å². The Morgan fingerprint density at radius 2 is 1.95 bits per heavy atom. The van der Waals surface area contributed by atoms with Crippen LogP contribution < -0.4 is 4.74 Å². The Morgan fingerprint density at radius 1 is 1.20 bits per heavy atom. The van der Waals surface area contributed by atoms with Crippen LogP contribution in [0.3, 0.4) is 0 Å². The molecule has 104 valence electrons. The normalized spacial score (nSPS) is 18.6. The molecule has 0 radical (unpaired) electrons. The zero-order valence-corrected chi connectivity index (χ0v) is 12.3. The van der Waals surface area contributed by atoms with E-state index in [4.69, 9.17) is 4.74 Å². The van der Waals surface area contributed by atoms with E-state index in [0.29, 0.717) is 11.9 Å². The molecule has 2 nitrogen and oxygen atoms in total. The molecule has 1 heterocycles. The molecule has 1 N–H and O–H groups in total. The topological polar surface area (TPSA) is 29.5 Å². The fourth-order valence-electron chi connectivity index (χ4n) is 2.38. The molecular weight excluding hydrogens is 268 g/mol. The SMILES string of the molecule is CC(O)c1ccc(OCC2Cc3ccccc3S2)cc1. The van der Waals surface area contributed by atoms with Gasteiger partial charge in [0.25, 0.3) is 0 Å². The quantitative estimate of drug-likeness (QED) is 0.926. The van der Waals surface area contributed by atoms with E-state index in [1.807, 2.05) is 36.0 Å². The average molecular weight is 286 g/mol. The predicted molar refractivity (Wildman–Crippen MR) is 82.4 cm³/mol. The molecule has 0 fully saturated rings. The van der Waals surface area contributed by atoms with E-state index in [-0.39, 0.29) is 0 Å². The first kappa shape index (κ1) is 13.5. The van der Waals surface area contributed by atoms with E-state index >= 15 is 0 Å². The molecule has 3 heteroatoms. The first-order valence-corrected chi connectivity index (χ1v) is 7.76. The van der Waals surface area contributed by atoms with Gasteiger partial charge in [-0.25, -0.2) is 0 Å². The van der Waals surface area contributed by atoms with Crippen LogP contribution in [0.4, 0.5) is 0 Å². The Hall–Kier alpha value is -1.45. The summed E-state index contributed by atoms with van der Waals surface area (Å²) in [4.78, 5) is 1.38. The molecule has 0 saturated heterocycles. The minimum Gasteiger partial charge on any atom is -0.492 e. The minimum atomic E-state index is -0.427. The van der Waals surface area contributed by atoms with Gasteiger partial charge >= 0.3 is 0 Å². The van der Waals surface area contributed by atoms with Gasteiger partial charge in [-0.3, -0.25) is 0 Å². The summed E-state index contributed by atoms with van der Waals surface area (Å²) >= 11 is 1.90.